The van der Waals surface area contributed by atoms with Gasteiger partial charge in [0.2, 0.25) is 0 Å². The van der Waals surface area contributed by atoms with Gasteiger partial charge < -0.3 is 10.1 Å². The standard InChI is InChI=1S/C12H14FNO2/c13-11-4-2-1-3-10(11)12(15)7-9-8-16-6-5-14-9/h1-4,9,14H,5-8H2. The SMILES string of the molecule is O=C(CC1COCCN1)c1ccccc1F. The van der Waals surface area contributed by atoms with Gasteiger partial charge in [-0.1, -0.05) is 12.1 Å². The van der Waals surface area contributed by atoms with Crippen molar-refractivity contribution in [3.63, 3.8) is 0 Å². The Morgan fingerprint density at radius 3 is 3.00 bits per heavy atom. The molecule has 0 aromatic heterocycles. The number of rotatable bonds is 3. The topological polar surface area (TPSA) is 38.3 Å². The van der Waals surface area contributed by atoms with E-state index in [1.54, 1.807) is 12.1 Å². The van der Waals surface area contributed by atoms with Crippen LogP contribution in [0, 0.1) is 5.82 Å². The number of carbonyl (C=O) groups is 1. The van der Waals surface area contributed by atoms with E-state index in [2.05, 4.69) is 5.32 Å². The number of benzene rings is 1. The van der Waals surface area contributed by atoms with Crippen molar-refractivity contribution in [2.24, 2.45) is 0 Å². The van der Waals surface area contributed by atoms with Crippen LogP contribution >= 0.6 is 0 Å². The predicted octanol–water partition coefficient (Wildman–Crippen LogP) is 1.39. The van der Waals surface area contributed by atoms with Crippen LogP contribution in [-0.4, -0.2) is 31.6 Å². The normalized spacial score (nSPS) is 20.7. The lowest BCUT2D eigenvalue weighted by atomic mass is 10.0. The molecule has 2 rings (SSSR count). The molecule has 1 saturated heterocycles. The quantitative estimate of drug-likeness (QED) is 0.787. The first-order valence-electron chi connectivity index (χ1n) is 5.36. The summed E-state index contributed by atoms with van der Waals surface area (Å²) in [5, 5.41) is 3.17. The zero-order valence-electron chi connectivity index (χ0n) is 8.91. The minimum absolute atomic E-state index is 0.000793. The summed E-state index contributed by atoms with van der Waals surface area (Å²) in [7, 11) is 0. The summed E-state index contributed by atoms with van der Waals surface area (Å²) < 4.78 is 18.6. The van der Waals surface area contributed by atoms with Gasteiger partial charge in [0.1, 0.15) is 5.82 Å². The Bertz CT molecular complexity index is 375. The molecule has 1 atom stereocenters. The fourth-order valence-electron chi connectivity index (χ4n) is 1.77. The first-order chi connectivity index (χ1) is 7.77. The Morgan fingerprint density at radius 2 is 2.31 bits per heavy atom. The molecule has 1 aliphatic heterocycles. The highest BCUT2D eigenvalue weighted by atomic mass is 19.1. The molecule has 1 N–H and O–H groups in total. The van der Waals surface area contributed by atoms with Crippen LogP contribution in [0.15, 0.2) is 24.3 Å². The van der Waals surface area contributed by atoms with Crippen LogP contribution in [-0.2, 0) is 4.74 Å². The maximum Gasteiger partial charge on any atom is 0.167 e. The summed E-state index contributed by atoms with van der Waals surface area (Å²) in [5.74, 6) is -0.634. The van der Waals surface area contributed by atoms with Crippen molar-refractivity contribution in [3.8, 4) is 0 Å². The number of Topliss-reactive ketones (excluding diaryl/α,β-unsaturated/α-hetero) is 1. The van der Waals surface area contributed by atoms with Gasteiger partial charge in [-0.25, -0.2) is 4.39 Å². The lowest BCUT2D eigenvalue weighted by Crippen LogP contribution is -2.42. The first kappa shape index (κ1) is 11.2. The van der Waals surface area contributed by atoms with Gasteiger partial charge in [0.05, 0.1) is 18.8 Å². The van der Waals surface area contributed by atoms with Gasteiger partial charge in [-0.15, -0.1) is 0 Å². The maximum absolute atomic E-state index is 13.3. The molecule has 0 bridgehead atoms. The van der Waals surface area contributed by atoms with E-state index in [0.717, 1.165) is 6.54 Å². The highest BCUT2D eigenvalue weighted by Gasteiger charge is 2.19. The zero-order valence-corrected chi connectivity index (χ0v) is 8.91. The third-order valence-electron chi connectivity index (χ3n) is 2.60. The number of hydrogen-bond acceptors (Lipinski definition) is 3. The van der Waals surface area contributed by atoms with Crippen LogP contribution in [0.1, 0.15) is 16.8 Å². The van der Waals surface area contributed by atoms with Crippen molar-refractivity contribution < 1.29 is 13.9 Å². The molecular formula is C12H14FNO2. The van der Waals surface area contributed by atoms with Crippen LogP contribution < -0.4 is 5.32 Å². The van der Waals surface area contributed by atoms with E-state index in [-0.39, 0.29) is 23.8 Å². The number of halogens is 1. The second kappa shape index (κ2) is 5.18. The van der Waals surface area contributed by atoms with Crippen molar-refractivity contribution in [2.45, 2.75) is 12.5 Å². The first-order valence-corrected chi connectivity index (χ1v) is 5.36. The summed E-state index contributed by atoms with van der Waals surface area (Å²) in [6.45, 7) is 1.93. The Labute approximate surface area is 93.6 Å². The van der Waals surface area contributed by atoms with E-state index >= 15 is 0 Å². The molecule has 16 heavy (non-hydrogen) atoms. The van der Waals surface area contributed by atoms with E-state index < -0.39 is 5.82 Å². The van der Waals surface area contributed by atoms with Crippen molar-refractivity contribution in [3.05, 3.63) is 35.6 Å². The monoisotopic (exact) mass is 223 g/mol. The Hall–Kier alpha value is -1.26. The third-order valence-corrected chi connectivity index (χ3v) is 2.60. The molecule has 1 fully saturated rings. The lowest BCUT2D eigenvalue weighted by molar-refractivity contribution is 0.0674. The van der Waals surface area contributed by atoms with E-state index in [1.807, 2.05) is 0 Å². The van der Waals surface area contributed by atoms with Crippen molar-refractivity contribution in [1.82, 2.24) is 5.32 Å². The number of carbonyl (C=O) groups excluding carboxylic acids is 1. The lowest BCUT2D eigenvalue weighted by Gasteiger charge is -2.23. The molecule has 0 spiro atoms. The fraction of sp³-hybridized carbons (Fsp3) is 0.417. The number of hydrogen-bond donors (Lipinski definition) is 1. The minimum Gasteiger partial charge on any atom is -0.378 e. The van der Waals surface area contributed by atoms with Crippen LogP contribution in [0.2, 0.25) is 0 Å². The molecule has 0 aliphatic carbocycles. The second-order valence-electron chi connectivity index (χ2n) is 3.83. The Balaban J connectivity index is 2.00. The van der Waals surface area contributed by atoms with E-state index in [9.17, 15) is 9.18 Å². The van der Waals surface area contributed by atoms with E-state index in [0.29, 0.717) is 13.2 Å². The minimum atomic E-state index is -0.454. The molecule has 3 nitrogen and oxygen atoms in total. The molecule has 1 heterocycles. The average molecular weight is 223 g/mol. The van der Waals surface area contributed by atoms with Gasteiger partial charge in [-0.2, -0.15) is 0 Å². The number of nitrogens with one attached hydrogen (secondary N) is 1. The number of ketones is 1. The Kier molecular flexibility index (Phi) is 3.64. The molecule has 4 heteroatoms. The highest BCUT2D eigenvalue weighted by Crippen LogP contribution is 2.11. The molecule has 0 radical (unpaired) electrons. The smallest absolute Gasteiger partial charge is 0.167 e. The van der Waals surface area contributed by atoms with Crippen LogP contribution in [0.4, 0.5) is 4.39 Å². The van der Waals surface area contributed by atoms with Gasteiger partial charge in [-0.3, -0.25) is 4.79 Å². The van der Waals surface area contributed by atoms with Gasteiger partial charge in [-0.05, 0) is 12.1 Å². The van der Waals surface area contributed by atoms with Crippen LogP contribution in [0.5, 0.6) is 0 Å². The summed E-state index contributed by atoms with van der Waals surface area (Å²) in [5.41, 5.74) is 0.162. The zero-order chi connectivity index (χ0) is 11.4. The molecule has 1 unspecified atom stereocenters. The fourth-order valence-corrected chi connectivity index (χ4v) is 1.77. The summed E-state index contributed by atoms with van der Waals surface area (Å²) >= 11 is 0. The maximum atomic E-state index is 13.3. The third kappa shape index (κ3) is 2.65. The number of morpholine rings is 1. The second-order valence-corrected chi connectivity index (χ2v) is 3.83. The van der Waals surface area contributed by atoms with E-state index in [4.69, 9.17) is 4.74 Å². The summed E-state index contributed by atoms with van der Waals surface area (Å²) in [4.78, 5) is 11.8. The van der Waals surface area contributed by atoms with E-state index in [1.165, 1.54) is 12.1 Å². The van der Waals surface area contributed by atoms with Crippen molar-refractivity contribution in [2.75, 3.05) is 19.8 Å². The van der Waals surface area contributed by atoms with Crippen LogP contribution in [0.3, 0.4) is 0 Å². The molecule has 0 saturated carbocycles. The predicted molar refractivity (Wildman–Crippen MR) is 58.0 cm³/mol. The summed E-state index contributed by atoms with van der Waals surface area (Å²) in [6.07, 6.45) is 0.279. The molecule has 1 aromatic carbocycles. The van der Waals surface area contributed by atoms with Gasteiger partial charge in [0, 0.05) is 19.0 Å². The van der Waals surface area contributed by atoms with Crippen molar-refractivity contribution >= 4 is 5.78 Å². The van der Waals surface area contributed by atoms with Gasteiger partial charge in [0.15, 0.2) is 5.78 Å². The number of ether oxygens (including phenoxy) is 1. The van der Waals surface area contributed by atoms with Gasteiger partial charge >= 0.3 is 0 Å². The van der Waals surface area contributed by atoms with Crippen molar-refractivity contribution in [1.29, 1.82) is 0 Å². The average Bonchev–Trinajstić information content (AvgIpc) is 2.31. The van der Waals surface area contributed by atoms with Gasteiger partial charge in [0.25, 0.3) is 0 Å². The summed E-state index contributed by atoms with van der Waals surface area (Å²) in [6, 6.07) is 6.06. The Morgan fingerprint density at radius 1 is 1.50 bits per heavy atom. The molecule has 1 aromatic rings. The molecule has 86 valence electrons. The molecule has 1 aliphatic rings. The molecular weight excluding hydrogens is 209 g/mol. The van der Waals surface area contributed by atoms with Crippen LogP contribution in [0.25, 0.3) is 0 Å². The highest BCUT2D eigenvalue weighted by molar-refractivity contribution is 5.96. The largest absolute Gasteiger partial charge is 0.378 e. The molecule has 0 amide bonds.